The number of fused-ring (bicyclic) bond motifs is 1. The summed E-state index contributed by atoms with van der Waals surface area (Å²) in [5.41, 5.74) is 0.796. The molecule has 3 aliphatic rings. The summed E-state index contributed by atoms with van der Waals surface area (Å²) < 4.78 is 1.83. The van der Waals surface area contributed by atoms with Crippen LogP contribution in [-0.2, 0) is 23.2 Å². The molecule has 3 fully saturated rings. The molecular formula is C23H37N5O2. The van der Waals surface area contributed by atoms with Gasteiger partial charge in [0.25, 0.3) is 0 Å². The van der Waals surface area contributed by atoms with Crippen molar-refractivity contribution >= 4 is 11.8 Å². The SMILES string of the molecule is CN(C)C(=O)[C@]12CCCN(C(=O)C3CCCCC3)C[C@H]1CN(Cc1cnn(C)c1)C2. The summed E-state index contributed by atoms with van der Waals surface area (Å²) in [6, 6.07) is 0. The van der Waals surface area contributed by atoms with Crippen molar-refractivity contribution in [3.63, 3.8) is 0 Å². The van der Waals surface area contributed by atoms with Gasteiger partial charge in [0.1, 0.15) is 0 Å². The lowest BCUT2D eigenvalue weighted by atomic mass is 9.74. The molecule has 2 amide bonds. The second-order valence-electron chi connectivity index (χ2n) is 9.97. The Morgan fingerprint density at radius 2 is 1.93 bits per heavy atom. The highest BCUT2D eigenvalue weighted by Gasteiger charge is 2.54. The lowest BCUT2D eigenvalue weighted by Crippen LogP contribution is -2.48. The first-order valence-electron chi connectivity index (χ1n) is 11.6. The molecule has 0 spiro atoms. The first kappa shape index (κ1) is 21.3. The van der Waals surface area contributed by atoms with Crippen LogP contribution in [0.4, 0.5) is 0 Å². The number of rotatable bonds is 4. The van der Waals surface area contributed by atoms with Gasteiger partial charge >= 0.3 is 0 Å². The van der Waals surface area contributed by atoms with Crippen molar-refractivity contribution < 1.29 is 9.59 Å². The molecule has 2 atom stereocenters. The molecule has 0 aromatic carbocycles. The van der Waals surface area contributed by atoms with Crippen LogP contribution in [0.3, 0.4) is 0 Å². The topological polar surface area (TPSA) is 61.7 Å². The third-order valence-corrected chi connectivity index (χ3v) is 7.52. The molecule has 0 bridgehead atoms. The van der Waals surface area contributed by atoms with E-state index in [-0.39, 0.29) is 23.2 Å². The van der Waals surface area contributed by atoms with E-state index in [2.05, 4.69) is 14.9 Å². The maximum atomic E-state index is 13.4. The molecule has 0 unspecified atom stereocenters. The Hall–Kier alpha value is -1.89. The second-order valence-corrected chi connectivity index (χ2v) is 9.97. The number of hydrogen-bond donors (Lipinski definition) is 0. The number of nitrogens with zero attached hydrogens (tertiary/aromatic N) is 5. The van der Waals surface area contributed by atoms with Crippen LogP contribution < -0.4 is 0 Å². The van der Waals surface area contributed by atoms with Crippen molar-refractivity contribution in [1.82, 2.24) is 24.5 Å². The van der Waals surface area contributed by atoms with Crippen LogP contribution in [0, 0.1) is 17.3 Å². The summed E-state index contributed by atoms with van der Waals surface area (Å²) in [5, 5.41) is 4.29. The standard InChI is InChI=1S/C23H37N5O2/c1-25(2)22(30)23-10-7-11-28(21(29)19-8-5-4-6-9-19)16-20(23)15-27(17-23)14-18-12-24-26(3)13-18/h12-13,19-20H,4-11,14-17H2,1-3H3/t20-,23+/m1/s1. The third kappa shape index (κ3) is 4.13. The maximum Gasteiger partial charge on any atom is 0.229 e. The number of aryl methyl sites for hydroxylation is 1. The third-order valence-electron chi connectivity index (χ3n) is 7.52. The van der Waals surface area contributed by atoms with Crippen molar-refractivity contribution in [2.45, 2.75) is 51.5 Å². The Morgan fingerprint density at radius 1 is 1.17 bits per heavy atom. The molecule has 3 heterocycles. The van der Waals surface area contributed by atoms with Gasteiger partial charge in [-0.25, -0.2) is 0 Å². The van der Waals surface area contributed by atoms with Crippen molar-refractivity contribution in [2.75, 3.05) is 40.3 Å². The van der Waals surface area contributed by atoms with Crippen molar-refractivity contribution in [1.29, 1.82) is 0 Å². The largest absolute Gasteiger partial charge is 0.348 e. The Labute approximate surface area is 180 Å². The maximum absolute atomic E-state index is 13.4. The lowest BCUT2D eigenvalue weighted by molar-refractivity contribution is -0.143. The molecule has 4 rings (SSSR count). The fraction of sp³-hybridized carbons (Fsp3) is 0.783. The van der Waals surface area contributed by atoms with Gasteiger partial charge in [0.05, 0.1) is 11.6 Å². The fourth-order valence-corrected chi connectivity index (χ4v) is 6.07. The summed E-state index contributed by atoms with van der Waals surface area (Å²) in [6.45, 7) is 3.97. The Kier molecular flexibility index (Phi) is 6.19. The number of likely N-dealkylation sites (tertiary alicyclic amines) is 2. The quantitative estimate of drug-likeness (QED) is 0.756. The average molecular weight is 416 g/mol. The van der Waals surface area contributed by atoms with Crippen LogP contribution in [-0.4, -0.2) is 76.6 Å². The van der Waals surface area contributed by atoms with Crippen LogP contribution in [0.5, 0.6) is 0 Å². The van der Waals surface area contributed by atoms with Gasteiger partial charge in [-0.3, -0.25) is 19.2 Å². The summed E-state index contributed by atoms with van der Waals surface area (Å²) >= 11 is 0. The van der Waals surface area contributed by atoms with Crippen LogP contribution in [0.2, 0.25) is 0 Å². The van der Waals surface area contributed by atoms with Gasteiger partial charge in [0, 0.05) is 77.5 Å². The zero-order valence-corrected chi connectivity index (χ0v) is 18.8. The smallest absolute Gasteiger partial charge is 0.229 e. The molecule has 2 saturated heterocycles. The first-order valence-corrected chi connectivity index (χ1v) is 11.6. The Morgan fingerprint density at radius 3 is 2.60 bits per heavy atom. The van der Waals surface area contributed by atoms with Gasteiger partial charge in [-0.05, 0) is 25.7 Å². The summed E-state index contributed by atoms with van der Waals surface area (Å²) in [4.78, 5) is 33.0. The Balaban J connectivity index is 1.53. The summed E-state index contributed by atoms with van der Waals surface area (Å²) in [7, 11) is 5.67. The monoisotopic (exact) mass is 415 g/mol. The number of hydrogen-bond acceptors (Lipinski definition) is 4. The van der Waals surface area contributed by atoms with E-state index >= 15 is 0 Å². The van der Waals surface area contributed by atoms with Crippen LogP contribution in [0.15, 0.2) is 12.4 Å². The number of carbonyl (C=O) groups excluding carboxylic acids is 2. The average Bonchev–Trinajstić information content (AvgIpc) is 3.25. The number of aromatic nitrogens is 2. The summed E-state index contributed by atoms with van der Waals surface area (Å²) in [5.74, 6) is 0.962. The molecule has 7 nitrogen and oxygen atoms in total. The molecule has 30 heavy (non-hydrogen) atoms. The molecule has 0 radical (unpaired) electrons. The zero-order chi connectivity index (χ0) is 21.3. The van der Waals surface area contributed by atoms with E-state index in [0.717, 1.165) is 58.4 Å². The highest BCUT2D eigenvalue weighted by molar-refractivity contribution is 5.84. The minimum absolute atomic E-state index is 0.194. The van der Waals surface area contributed by atoms with Gasteiger partial charge in [-0.2, -0.15) is 5.10 Å². The highest BCUT2D eigenvalue weighted by atomic mass is 16.2. The van der Waals surface area contributed by atoms with Crippen LogP contribution in [0.25, 0.3) is 0 Å². The molecule has 0 N–H and O–H groups in total. The molecule has 7 heteroatoms. The summed E-state index contributed by atoms with van der Waals surface area (Å²) in [6.07, 6.45) is 11.4. The van der Waals surface area contributed by atoms with Gasteiger partial charge in [0.15, 0.2) is 0 Å². The van der Waals surface area contributed by atoms with E-state index in [1.54, 1.807) is 4.90 Å². The van der Waals surface area contributed by atoms with Gasteiger partial charge in [-0.15, -0.1) is 0 Å². The minimum Gasteiger partial charge on any atom is -0.348 e. The van der Waals surface area contributed by atoms with E-state index in [4.69, 9.17) is 0 Å². The normalized spacial score (nSPS) is 28.2. The Bertz CT molecular complexity index is 769. The lowest BCUT2D eigenvalue weighted by Gasteiger charge is -2.35. The van der Waals surface area contributed by atoms with E-state index in [1.807, 2.05) is 38.2 Å². The van der Waals surface area contributed by atoms with Crippen molar-refractivity contribution in [3.8, 4) is 0 Å². The molecule has 1 saturated carbocycles. The van der Waals surface area contributed by atoms with E-state index in [0.29, 0.717) is 5.91 Å². The zero-order valence-electron chi connectivity index (χ0n) is 18.8. The van der Waals surface area contributed by atoms with E-state index in [9.17, 15) is 9.59 Å². The highest BCUT2D eigenvalue weighted by Crippen LogP contribution is 2.44. The predicted octanol–water partition coefficient (Wildman–Crippen LogP) is 2.13. The molecule has 2 aliphatic heterocycles. The first-order chi connectivity index (χ1) is 14.4. The number of amides is 2. The minimum atomic E-state index is -0.382. The van der Waals surface area contributed by atoms with Gasteiger partial charge in [0.2, 0.25) is 11.8 Å². The number of carbonyl (C=O) groups is 2. The molecule has 166 valence electrons. The van der Waals surface area contributed by atoms with Gasteiger partial charge in [-0.1, -0.05) is 19.3 Å². The van der Waals surface area contributed by atoms with Crippen molar-refractivity contribution in [2.24, 2.45) is 24.3 Å². The van der Waals surface area contributed by atoms with E-state index < -0.39 is 0 Å². The second kappa shape index (κ2) is 8.69. The molecule has 1 aromatic heterocycles. The van der Waals surface area contributed by atoms with E-state index in [1.165, 1.54) is 24.8 Å². The predicted molar refractivity (Wildman–Crippen MR) is 115 cm³/mol. The molecule has 1 aliphatic carbocycles. The molecule has 1 aromatic rings. The van der Waals surface area contributed by atoms with Crippen molar-refractivity contribution in [3.05, 3.63) is 18.0 Å². The van der Waals surface area contributed by atoms with Crippen LogP contribution >= 0.6 is 0 Å². The fourth-order valence-electron chi connectivity index (χ4n) is 6.07. The van der Waals surface area contributed by atoms with Gasteiger partial charge < -0.3 is 9.80 Å². The molecular weight excluding hydrogens is 378 g/mol. The van der Waals surface area contributed by atoms with Crippen LogP contribution in [0.1, 0.15) is 50.5 Å².